The molecule has 0 aromatic carbocycles. The van der Waals surface area contributed by atoms with Crippen molar-refractivity contribution in [3.05, 3.63) is 28.5 Å². The van der Waals surface area contributed by atoms with E-state index >= 15 is 0 Å². The lowest BCUT2D eigenvalue weighted by Gasteiger charge is -2.22. The van der Waals surface area contributed by atoms with E-state index in [1.807, 2.05) is 0 Å². The van der Waals surface area contributed by atoms with Crippen molar-refractivity contribution in [2.45, 2.75) is 38.6 Å². The van der Waals surface area contributed by atoms with Gasteiger partial charge in [0, 0.05) is 39.6 Å². The number of aromatic nitrogens is 1. The number of rotatable bonds is 4. The first-order valence-corrected chi connectivity index (χ1v) is 8.77. The van der Waals surface area contributed by atoms with Gasteiger partial charge in [0.25, 0.3) is 5.91 Å². The van der Waals surface area contributed by atoms with E-state index < -0.39 is 10.8 Å². The highest BCUT2D eigenvalue weighted by Gasteiger charge is 2.20. The third-order valence-corrected chi connectivity index (χ3v) is 4.91. The lowest BCUT2D eigenvalue weighted by atomic mass is 10.1. The minimum atomic E-state index is -0.713. The van der Waals surface area contributed by atoms with Crippen LogP contribution in [-0.4, -0.2) is 32.6 Å². The lowest BCUT2D eigenvalue weighted by Crippen LogP contribution is -2.39. The number of carbonyl (C=O) groups is 1. The number of pyridine rings is 1. The molecule has 110 valence electrons. The first kappa shape index (κ1) is 15.4. The van der Waals surface area contributed by atoms with Crippen molar-refractivity contribution in [2.24, 2.45) is 0 Å². The first-order chi connectivity index (χ1) is 9.58. The van der Waals surface area contributed by atoms with Crippen molar-refractivity contribution < 1.29 is 9.00 Å². The number of aryl methyl sites for hydroxylation is 1. The number of carbonyl (C=O) groups excluding carboxylic acids is 1. The number of nitrogens with zero attached hydrogens (tertiary/aromatic N) is 1. The van der Waals surface area contributed by atoms with Gasteiger partial charge < -0.3 is 5.32 Å². The summed E-state index contributed by atoms with van der Waals surface area (Å²) in [6, 6.07) is 3.50. The van der Waals surface area contributed by atoms with Crippen LogP contribution in [0.1, 0.15) is 42.2 Å². The fourth-order valence-electron chi connectivity index (χ4n) is 2.27. The van der Waals surface area contributed by atoms with Crippen molar-refractivity contribution in [2.75, 3.05) is 11.5 Å². The van der Waals surface area contributed by atoms with E-state index in [1.165, 1.54) is 0 Å². The van der Waals surface area contributed by atoms with Gasteiger partial charge in [-0.2, -0.15) is 0 Å². The Morgan fingerprint density at radius 3 is 2.80 bits per heavy atom. The summed E-state index contributed by atoms with van der Waals surface area (Å²) in [5.41, 5.74) is 1.40. The fraction of sp³-hybridized carbons (Fsp3) is 0.571. The highest BCUT2D eigenvalue weighted by atomic mass is 35.5. The quantitative estimate of drug-likeness (QED) is 0.868. The fourth-order valence-corrected chi connectivity index (χ4v) is 3.80. The van der Waals surface area contributed by atoms with Gasteiger partial charge in [-0.25, -0.2) is 4.98 Å². The first-order valence-electron chi connectivity index (χ1n) is 6.90. The molecule has 1 aliphatic rings. The molecule has 1 aliphatic heterocycles. The second-order valence-electron chi connectivity index (χ2n) is 5.02. The Morgan fingerprint density at radius 1 is 1.45 bits per heavy atom. The van der Waals surface area contributed by atoms with Gasteiger partial charge in [-0.05, 0) is 31.4 Å². The molecule has 1 aromatic rings. The zero-order chi connectivity index (χ0) is 14.5. The van der Waals surface area contributed by atoms with Gasteiger partial charge in [0.05, 0.1) is 0 Å². The zero-order valence-electron chi connectivity index (χ0n) is 11.5. The van der Waals surface area contributed by atoms with Crippen LogP contribution < -0.4 is 5.32 Å². The van der Waals surface area contributed by atoms with Crippen LogP contribution in [0.4, 0.5) is 0 Å². The van der Waals surface area contributed by atoms with Crippen molar-refractivity contribution in [3.63, 3.8) is 0 Å². The molecule has 1 aromatic heterocycles. The van der Waals surface area contributed by atoms with Crippen LogP contribution >= 0.6 is 11.6 Å². The molecule has 6 heteroatoms. The van der Waals surface area contributed by atoms with Gasteiger partial charge >= 0.3 is 0 Å². The van der Waals surface area contributed by atoms with Crippen LogP contribution in [0.25, 0.3) is 0 Å². The van der Waals surface area contributed by atoms with E-state index in [0.29, 0.717) is 22.2 Å². The monoisotopic (exact) mass is 314 g/mol. The summed E-state index contributed by atoms with van der Waals surface area (Å²) < 4.78 is 11.3. The molecule has 0 bridgehead atoms. The van der Waals surface area contributed by atoms with Crippen LogP contribution in [0.15, 0.2) is 12.1 Å². The van der Waals surface area contributed by atoms with Gasteiger partial charge in [0.2, 0.25) is 0 Å². The Kier molecular flexibility index (Phi) is 5.54. The molecule has 2 rings (SSSR count). The summed E-state index contributed by atoms with van der Waals surface area (Å²) in [7, 11) is -0.713. The van der Waals surface area contributed by atoms with Crippen molar-refractivity contribution in [3.8, 4) is 0 Å². The van der Waals surface area contributed by atoms with Gasteiger partial charge in [-0.3, -0.25) is 9.00 Å². The van der Waals surface area contributed by atoms with E-state index in [4.69, 9.17) is 11.6 Å². The average molecular weight is 315 g/mol. The predicted molar refractivity (Wildman–Crippen MR) is 81.6 cm³/mol. The molecule has 0 radical (unpaired) electrons. The third kappa shape index (κ3) is 4.28. The second kappa shape index (κ2) is 7.18. The molecule has 0 saturated carbocycles. The van der Waals surface area contributed by atoms with Gasteiger partial charge in [0.1, 0.15) is 5.15 Å². The van der Waals surface area contributed by atoms with Gasteiger partial charge in [0.15, 0.2) is 0 Å². The molecule has 1 fully saturated rings. The zero-order valence-corrected chi connectivity index (χ0v) is 13.1. The summed E-state index contributed by atoms with van der Waals surface area (Å²) in [6.07, 6.45) is 3.32. The Bertz CT molecular complexity index is 512. The van der Waals surface area contributed by atoms with Crippen molar-refractivity contribution >= 4 is 28.3 Å². The molecular weight excluding hydrogens is 296 g/mol. The maximum atomic E-state index is 12.2. The van der Waals surface area contributed by atoms with Crippen LogP contribution in [0.2, 0.25) is 5.15 Å². The average Bonchev–Trinajstić information content (AvgIpc) is 2.41. The molecular formula is C14H19ClN2O2S. The van der Waals surface area contributed by atoms with Crippen LogP contribution in [0.5, 0.6) is 0 Å². The summed E-state index contributed by atoms with van der Waals surface area (Å²) in [4.78, 5) is 16.4. The Hall–Kier alpha value is -0.940. The SMILES string of the molecule is CCCc1cc(C(=O)NC2CCS(=O)CC2)cc(Cl)n1. The summed E-state index contributed by atoms with van der Waals surface area (Å²) in [5, 5.41) is 3.35. The summed E-state index contributed by atoms with van der Waals surface area (Å²) in [5.74, 6) is 1.22. The Balaban J connectivity index is 2.03. The number of hydrogen-bond acceptors (Lipinski definition) is 3. The molecule has 0 spiro atoms. The lowest BCUT2D eigenvalue weighted by molar-refractivity contribution is 0.0934. The predicted octanol–water partition coefficient (Wildman–Crippen LogP) is 2.33. The maximum absolute atomic E-state index is 12.2. The molecule has 0 unspecified atom stereocenters. The normalized spacial score (nSPS) is 22.5. The molecule has 0 atom stereocenters. The molecule has 0 aliphatic carbocycles. The number of hydrogen-bond donors (Lipinski definition) is 1. The highest BCUT2D eigenvalue weighted by molar-refractivity contribution is 7.85. The minimum absolute atomic E-state index is 0.113. The molecule has 1 amide bonds. The number of halogens is 1. The Morgan fingerprint density at radius 2 is 2.15 bits per heavy atom. The Labute approximate surface area is 126 Å². The van der Waals surface area contributed by atoms with Crippen LogP contribution in [-0.2, 0) is 17.2 Å². The molecule has 4 nitrogen and oxygen atoms in total. The van der Waals surface area contributed by atoms with Crippen LogP contribution in [0, 0.1) is 0 Å². The minimum Gasteiger partial charge on any atom is -0.349 e. The molecule has 20 heavy (non-hydrogen) atoms. The van der Waals surface area contributed by atoms with Crippen molar-refractivity contribution in [1.82, 2.24) is 10.3 Å². The second-order valence-corrected chi connectivity index (χ2v) is 7.10. The standard InChI is InChI=1S/C14H19ClN2O2S/c1-2-3-12-8-10(9-13(15)16-12)14(18)17-11-4-6-20(19)7-5-11/h8-9,11H,2-7H2,1H3,(H,17,18). The topological polar surface area (TPSA) is 59.1 Å². The third-order valence-electron chi connectivity index (χ3n) is 3.34. The molecule has 2 heterocycles. The van der Waals surface area contributed by atoms with E-state index in [2.05, 4.69) is 17.2 Å². The largest absolute Gasteiger partial charge is 0.349 e. The number of amides is 1. The smallest absolute Gasteiger partial charge is 0.251 e. The van der Waals surface area contributed by atoms with E-state index in [-0.39, 0.29) is 11.9 Å². The van der Waals surface area contributed by atoms with Crippen LogP contribution in [0.3, 0.4) is 0 Å². The van der Waals surface area contributed by atoms with E-state index in [1.54, 1.807) is 12.1 Å². The van der Waals surface area contributed by atoms with Gasteiger partial charge in [-0.1, -0.05) is 24.9 Å². The summed E-state index contributed by atoms with van der Waals surface area (Å²) >= 11 is 5.96. The molecule has 1 saturated heterocycles. The highest BCUT2D eigenvalue weighted by Crippen LogP contribution is 2.14. The van der Waals surface area contributed by atoms with E-state index in [0.717, 1.165) is 31.4 Å². The van der Waals surface area contributed by atoms with Gasteiger partial charge in [-0.15, -0.1) is 0 Å². The molecule has 1 N–H and O–H groups in total. The number of nitrogens with one attached hydrogen (secondary N) is 1. The maximum Gasteiger partial charge on any atom is 0.251 e. The van der Waals surface area contributed by atoms with E-state index in [9.17, 15) is 9.00 Å². The summed E-state index contributed by atoms with van der Waals surface area (Å²) in [6.45, 7) is 2.06. The van der Waals surface area contributed by atoms with Crippen molar-refractivity contribution in [1.29, 1.82) is 0 Å².